The minimum absolute atomic E-state index is 0.0918. The number of nitrogens with zero attached hydrogens (tertiary/aromatic N) is 3. The van der Waals surface area contributed by atoms with Crippen LogP contribution in [0.25, 0.3) is 5.69 Å². The molecule has 4 rings (SSSR count). The molecule has 2 heterocycles. The molecule has 0 fully saturated rings. The Balaban J connectivity index is 1.46. The van der Waals surface area contributed by atoms with Crippen molar-refractivity contribution in [1.82, 2.24) is 9.78 Å². The number of carbonyl (C=O) groups is 1. The summed E-state index contributed by atoms with van der Waals surface area (Å²) in [5.41, 5.74) is 2.41. The van der Waals surface area contributed by atoms with Gasteiger partial charge in [-0.15, -0.1) is 4.40 Å². The van der Waals surface area contributed by atoms with Crippen LogP contribution in [0.2, 0.25) is 0 Å². The molecule has 3 aromatic rings. The van der Waals surface area contributed by atoms with Crippen LogP contribution in [0.3, 0.4) is 0 Å². The predicted octanol–water partition coefficient (Wildman–Crippen LogP) is 3.58. The van der Waals surface area contributed by atoms with Gasteiger partial charge in [0.2, 0.25) is 0 Å². The van der Waals surface area contributed by atoms with Gasteiger partial charge in [0, 0.05) is 22.4 Å². The summed E-state index contributed by atoms with van der Waals surface area (Å²) in [6.45, 7) is 0. The second-order valence-corrected chi connectivity index (χ2v) is 9.35. The number of hydrogen-bond acceptors (Lipinski definition) is 5. The highest BCUT2D eigenvalue weighted by Gasteiger charge is 2.28. The van der Waals surface area contributed by atoms with Gasteiger partial charge < -0.3 is 5.32 Å². The van der Waals surface area contributed by atoms with Crippen molar-refractivity contribution in [2.75, 3.05) is 5.32 Å². The largest absolute Gasteiger partial charge is 0.335 e. The third-order valence-electron chi connectivity index (χ3n) is 4.54. The predicted molar refractivity (Wildman–Crippen MR) is 119 cm³/mol. The number of aromatic nitrogens is 2. The van der Waals surface area contributed by atoms with E-state index in [1.54, 1.807) is 23.0 Å². The molecule has 0 saturated heterocycles. The highest BCUT2D eigenvalue weighted by Crippen LogP contribution is 2.29. The zero-order chi connectivity index (χ0) is 20.4. The lowest BCUT2D eigenvalue weighted by Gasteiger charge is -2.17. The van der Waals surface area contributed by atoms with Crippen molar-refractivity contribution in [2.24, 2.45) is 4.40 Å². The Labute approximate surface area is 182 Å². The Morgan fingerprint density at radius 1 is 1.14 bits per heavy atom. The number of amidine groups is 1. The lowest BCUT2D eigenvalue weighted by atomic mass is 10.0. The Kier molecular flexibility index (Phi) is 5.50. The SMILES string of the molecule is O=C(CCCc1ccccc1-n1cccn1)C1=NS(=O)(=O)c2cc(I)ccc2N1. The Morgan fingerprint density at radius 3 is 2.76 bits per heavy atom. The maximum Gasteiger partial charge on any atom is 0.286 e. The molecule has 0 unspecified atom stereocenters. The Hall–Kier alpha value is -2.53. The number of ketones is 1. The van der Waals surface area contributed by atoms with E-state index in [-0.39, 0.29) is 22.9 Å². The van der Waals surface area contributed by atoms with Crippen molar-refractivity contribution >= 4 is 49.9 Å². The monoisotopic (exact) mass is 520 g/mol. The molecule has 1 N–H and O–H groups in total. The van der Waals surface area contributed by atoms with Crippen LogP contribution in [-0.2, 0) is 21.2 Å². The lowest BCUT2D eigenvalue weighted by Crippen LogP contribution is -2.29. The molecular formula is C20H17IN4O3S. The maximum atomic E-state index is 12.6. The second kappa shape index (κ2) is 8.07. The number of hydrogen-bond donors (Lipinski definition) is 1. The molecular weight excluding hydrogens is 503 g/mol. The van der Waals surface area contributed by atoms with Crippen molar-refractivity contribution in [3.63, 3.8) is 0 Å². The second-order valence-electron chi connectivity index (χ2n) is 6.54. The standard InChI is InChI=1S/C20H17IN4O3S/c21-15-9-10-16-19(13-15)29(27,28)24-20(23-16)18(26)8-3-6-14-5-1-2-7-17(14)25-12-4-11-22-25/h1-2,4-5,7,9-13H,3,6,8H2,(H,23,24). The zero-order valence-corrected chi connectivity index (χ0v) is 18.2. The first kappa shape index (κ1) is 19.8. The van der Waals surface area contributed by atoms with Crippen molar-refractivity contribution in [3.8, 4) is 5.69 Å². The van der Waals surface area contributed by atoms with Crippen molar-refractivity contribution < 1.29 is 13.2 Å². The van der Waals surface area contributed by atoms with Crippen LogP contribution >= 0.6 is 22.6 Å². The number of sulfonamides is 1. The van der Waals surface area contributed by atoms with Gasteiger partial charge in [-0.1, -0.05) is 18.2 Å². The van der Waals surface area contributed by atoms with E-state index >= 15 is 0 Å². The van der Waals surface area contributed by atoms with E-state index in [0.717, 1.165) is 14.8 Å². The van der Waals surface area contributed by atoms with Gasteiger partial charge in [-0.05, 0) is 71.3 Å². The van der Waals surface area contributed by atoms with Gasteiger partial charge in [0.05, 0.1) is 11.4 Å². The van der Waals surface area contributed by atoms with Gasteiger partial charge in [-0.25, -0.2) is 4.68 Å². The minimum Gasteiger partial charge on any atom is -0.335 e. The van der Waals surface area contributed by atoms with E-state index in [2.05, 4.69) is 14.8 Å². The number of carbonyl (C=O) groups excluding carboxylic acids is 1. The smallest absolute Gasteiger partial charge is 0.286 e. The van der Waals surface area contributed by atoms with E-state index in [1.807, 2.05) is 59.1 Å². The Morgan fingerprint density at radius 2 is 1.97 bits per heavy atom. The van der Waals surface area contributed by atoms with E-state index in [9.17, 15) is 13.2 Å². The van der Waals surface area contributed by atoms with Gasteiger partial charge >= 0.3 is 0 Å². The van der Waals surface area contributed by atoms with Crippen molar-refractivity contribution in [3.05, 3.63) is 70.1 Å². The molecule has 0 spiro atoms. The van der Waals surface area contributed by atoms with Crippen LogP contribution < -0.4 is 5.32 Å². The minimum atomic E-state index is -3.88. The lowest BCUT2D eigenvalue weighted by molar-refractivity contribution is -0.113. The summed E-state index contributed by atoms with van der Waals surface area (Å²) >= 11 is 2.04. The van der Waals surface area contributed by atoms with Crippen LogP contribution in [0, 0.1) is 3.57 Å². The van der Waals surface area contributed by atoms with Crippen LogP contribution in [-0.4, -0.2) is 29.8 Å². The molecule has 0 atom stereocenters. The van der Waals surface area contributed by atoms with E-state index in [0.29, 0.717) is 18.5 Å². The summed E-state index contributed by atoms with van der Waals surface area (Å²) in [6, 6.07) is 14.7. The highest BCUT2D eigenvalue weighted by molar-refractivity contribution is 14.1. The molecule has 9 heteroatoms. The van der Waals surface area contributed by atoms with Gasteiger partial charge in [-0.3, -0.25) is 4.79 Å². The first-order valence-electron chi connectivity index (χ1n) is 8.97. The number of rotatable bonds is 6. The van der Waals surface area contributed by atoms with E-state index in [4.69, 9.17) is 0 Å². The zero-order valence-electron chi connectivity index (χ0n) is 15.2. The average molecular weight is 520 g/mol. The molecule has 0 bridgehead atoms. The number of Topliss-reactive ketones (excluding diaryl/α,β-unsaturated/α-hetero) is 1. The van der Waals surface area contributed by atoms with E-state index < -0.39 is 10.0 Å². The van der Waals surface area contributed by atoms with Gasteiger partial charge in [0.25, 0.3) is 10.0 Å². The van der Waals surface area contributed by atoms with Crippen molar-refractivity contribution in [2.45, 2.75) is 24.2 Å². The molecule has 1 aromatic heterocycles. The number of nitrogens with one attached hydrogen (secondary N) is 1. The summed E-state index contributed by atoms with van der Waals surface area (Å²) in [4.78, 5) is 12.7. The number of para-hydroxylation sites is 1. The summed E-state index contributed by atoms with van der Waals surface area (Å²) in [5.74, 6) is -0.451. The van der Waals surface area contributed by atoms with E-state index in [1.165, 1.54) is 6.07 Å². The molecule has 1 aliphatic rings. The molecule has 1 aliphatic heterocycles. The molecule has 0 radical (unpaired) electrons. The molecule has 7 nitrogen and oxygen atoms in total. The quantitative estimate of drug-likeness (QED) is 0.502. The molecule has 0 aliphatic carbocycles. The molecule has 148 valence electrons. The Bertz CT molecular complexity index is 1200. The number of fused-ring (bicyclic) bond motifs is 1. The fraction of sp³-hybridized carbons (Fsp3) is 0.150. The third kappa shape index (κ3) is 4.25. The van der Waals surface area contributed by atoms with Gasteiger partial charge in [0.15, 0.2) is 11.6 Å². The average Bonchev–Trinajstić information content (AvgIpc) is 3.23. The third-order valence-corrected chi connectivity index (χ3v) is 6.53. The summed E-state index contributed by atoms with van der Waals surface area (Å²) in [5, 5.41) is 7.13. The topological polar surface area (TPSA) is 93.4 Å². The summed E-state index contributed by atoms with van der Waals surface area (Å²) < 4.78 is 31.1. The number of benzene rings is 2. The normalized spacial score (nSPS) is 14.6. The van der Waals surface area contributed by atoms with Crippen LogP contribution in [0.1, 0.15) is 18.4 Å². The highest BCUT2D eigenvalue weighted by atomic mass is 127. The fourth-order valence-corrected chi connectivity index (χ4v) is 5.03. The first-order chi connectivity index (χ1) is 13.9. The number of halogens is 1. The number of aryl methyl sites for hydroxylation is 1. The molecule has 2 aromatic carbocycles. The van der Waals surface area contributed by atoms with Gasteiger partial charge in [0.1, 0.15) is 4.90 Å². The first-order valence-corrected chi connectivity index (χ1v) is 11.5. The summed E-state index contributed by atoms with van der Waals surface area (Å²) in [6.07, 6.45) is 5.00. The molecule has 0 amide bonds. The van der Waals surface area contributed by atoms with Crippen LogP contribution in [0.15, 0.2) is 70.2 Å². The van der Waals surface area contributed by atoms with Crippen molar-refractivity contribution in [1.29, 1.82) is 0 Å². The molecule has 0 saturated carbocycles. The molecule has 29 heavy (non-hydrogen) atoms. The number of anilines is 1. The summed E-state index contributed by atoms with van der Waals surface area (Å²) in [7, 11) is -3.88. The van der Waals surface area contributed by atoms with Crippen LogP contribution in [0.4, 0.5) is 5.69 Å². The fourth-order valence-electron chi connectivity index (χ4n) is 3.17. The van der Waals surface area contributed by atoms with Gasteiger partial charge in [-0.2, -0.15) is 13.5 Å². The maximum absolute atomic E-state index is 12.6. The van der Waals surface area contributed by atoms with Crippen LogP contribution in [0.5, 0.6) is 0 Å².